The Morgan fingerprint density at radius 3 is 2.29 bits per heavy atom. The van der Waals surface area contributed by atoms with E-state index in [-0.39, 0.29) is 6.04 Å². The SMILES string of the molecule is CC(C)CN1C[C@H](C(C)C)NS1(=O)=O. The van der Waals surface area contributed by atoms with Crippen LogP contribution in [-0.4, -0.2) is 31.9 Å². The van der Waals surface area contributed by atoms with Gasteiger partial charge in [0.05, 0.1) is 0 Å². The Kier molecular flexibility index (Phi) is 3.55. The van der Waals surface area contributed by atoms with Crippen molar-refractivity contribution in [1.29, 1.82) is 0 Å². The van der Waals surface area contributed by atoms with Crippen LogP contribution in [0.15, 0.2) is 0 Å². The zero-order chi connectivity index (χ0) is 10.9. The van der Waals surface area contributed by atoms with Crippen molar-refractivity contribution in [3.8, 4) is 0 Å². The molecule has 0 saturated carbocycles. The van der Waals surface area contributed by atoms with Crippen molar-refractivity contribution in [3.63, 3.8) is 0 Å². The Morgan fingerprint density at radius 2 is 1.93 bits per heavy atom. The number of nitrogens with one attached hydrogen (secondary N) is 1. The second kappa shape index (κ2) is 4.16. The highest BCUT2D eigenvalue weighted by molar-refractivity contribution is 7.87. The average Bonchev–Trinajstić information content (AvgIpc) is 2.26. The van der Waals surface area contributed by atoms with Crippen LogP contribution < -0.4 is 4.72 Å². The van der Waals surface area contributed by atoms with Crippen molar-refractivity contribution in [3.05, 3.63) is 0 Å². The molecular weight excluding hydrogens is 200 g/mol. The number of hydrogen-bond donors (Lipinski definition) is 1. The molecule has 4 nitrogen and oxygen atoms in total. The predicted molar refractivity (Wildman–Crippen MR) is 57.1 cm³/mol. The molecule has 0 unspecified atom stereocenters. The first kappa shape index (κ1) is 11.9. The van der Waals surface area contributed by atoms with Gasteiger partial charge in [-0.1, -0.05) is 27.7 Å². The third-order valence-electron chi connectivity index (χ3n) is 2.41. The largest absolute Gasteiger partial charge is 0.279 e. The zero-order valence-corrected chi connectivity index (χ0v) is 10.1. The summed E-state index contributed by atoms with van der Waals surface area (Å²) in [5.41, 5.74) is 0. The smallest absolute Gasteiger partial charge is 0.197 e. The molecule has 0 aromatic heterocycles. The highest BCUT2D eigenvalue weighted by Gasteiger charge is 2.36. The molecule has 0 amide bonds. The lowest BCUT2D eigenvalue weighted by molar-refractivity contribution is 0.355. The van der Waals surface area contributed by atoms with E-state index in [9.17, 15) is 8.42 Å². The molecule has 0 bridgehead atoms. The lowest BCUT2D eigenvalue weighted by atomic mass is 10.1. The van der Waals surface area contributed by atoms with Crippen LogP contribution in [0.3, 0.4) is 0 Å². The average molecular weight is 220 g/mol. The summed E-state index contributed by atoms with van der Waals surface area (Å²) in [6.07, 6.45) is 0. The number of rotatable bonds is 3. The van der Waals surface area contributed by atoms with Crippen LogP contribution in [0.4, 0.5) is 0 Å². The fourth-order valence-corrected chi connectivity index (χ4v) is 3.28. The van der Waals surface area contributed by atoms with E-state index in [1.54, 1.807) is 4.31 Å². The summed E-state index contributed by atoms with van der Waals surface area (Å²) in [6.45, 7) is 9.34. The first-order valence-corrected chi connectivity index (χ1v) is 6.54. The Bertz CT molecular complexity index is 285. The van der Waals surface area contributed by atoms with Gasteiger partial charge in [0.15, 0.2) is 0 Å². The zero-order valence-electron chi connectivity index (χ0n) is 9.32. The summed E-state index contributed by atoms with van der Waals surface area (Å²) in [5, 5.41) is 0. The van der Waals surface area contributed by atoms with Gasteiger partial charge in [-0.05, 0) is 11.8 Å². The molecule has 1 atom stereocenters. The minimum atomic E-state index is -3.19. The molecule has 1 aliphatic rings. The molecule has 1 fully saturated rings. The maximum atomic E-state index is 11.6. The summed E-state index contributed by atoms with van der Waals surface area (Å²) < 4.78 is 27.5. The lowest BCUT2D eigenvalue weighted by Crippen LogP contribution is -2.33. The summed E-state index contributed by atoms with van der Waals surface area (Å²) >= 11 is 0. The first-order valence-electron chi connectivity index (χ1n) is 5.10. The van der Waals surface area contributed by atoms with E-state index in [1.807, 2.05) is 27.7 Å². The maximum absolute atomic E-state index is 11.6. The lowest BCUT2D eigenvalue weighted by Gasteiger charge is -2.16. The van der Waals surface area contributed by atoms with Crippen LogP contribution in [0, 0.1) is 11.8 Å². The summed E-state index contributed by atoms with van der Waals surface area (Å²) in [6, 6.07) is 0.0683. The van der Waals surface area contributed by atoms with Crippen molar-refractivity contribution in [2.45, 2.75) is 33.7 Å². The van der Waals surface area contributed by atoms with Gasteiger partial charge in [0.1, 0.15) is 0 Å². The molecule has 0 radical (unpaired) electrons. The van der Waals surface area contributed by atoms with Crippen LogP contribution in [-0.2, 0) is 10.2 Å². The molecule has 1 rings (SSSR count). The van der Waals surface area contributed by atoms with E-state index in [0.717, 1.165) is 0 Å². The Labute approximate surface area is 86.9 Å². The molecule has 0 aromatic rings. The normalized spacial score (nSPS) is 27.7. The first-order chi connectivity index (χ1) is 6.33. The van der Waals surface area contributed by atoms with E-state index in [1.165, 1.54) is 0 Å². The van der Waals surface area contributed by atoms with Crippen molar-refractivity contribution >= 4 is 10.2 Å². The van der Waals surface area contributed by atoms with Crippen LogP contribution in [0.25, 0.3) is 0 Å². The third-order valence-corrected chi connectivity index (χ3v) is 3.99. The van der Waals surface area contributed by atoms with Gasteiger partial charge in [0, 0.05) is 19.1 Å². The van der Waals surface area contributed by atoms with Crippen LogP contribution in [0.1, 0.15) is 27.7 Å². The third kappa shape index (κ3) is 2.68. The molecule has 1 heterocycles. The molecule has 14 heavy (non-hydrogen) atoms. The van der Waals surface area contributed by atoms with E-state index in [2.05, 4.69) is 4.72 Å². The Balaban J connectivity index is 2.70. The van der Waals surface area contributed by atoms with Crippen molar-refractivity contribution in [1.82, 2.24) is 9.03 Å². The van der Waals surface area contributed by atoms with E-state index >= 15 is 0 Å². The quantitative estimate of drug-likeness (QED) is 0.765. The van der Waals surface area contributed by atoms with E-state index in [4.69, 9.17) is 0 Å². The molecule has 1 aliphatic heterocycles. The molecule has 0 spiro atoms. The van der Waals surface area contributed by atoms with Gasteiger partial charge < -0.3 is 0 Å². The van der Waals surface area contributed by atoms with Crippen molar-refractivity contribution < 1.29 is 8.42 Å². The maximum Gasteiger partial charge on any atom is 0.279 e. The highest BCUT2D eigenvalue weighted by atomic mass is 32.2. The number of nitrogens with zero attached hydrogens (tertiary/aromatic N) is 1. The Hall–Kier alpha value is -0.130. The van der Waals surface area contributed by atoms with E-state index in [0.29, 0.717) is 24.9 Å². The fourth-order valence-electron chi connectivity index (χ4n) is 1.55. The molecule has 0 aliphatic carbocycles. The van der Waals surface area contributed by atoms with Gasteiger partial charge in [0.2, 0.25) is 0 Å². The second-order valence-corrected chi connectivity index (χ2v) is 6.39. The second-order valence-electron chi connectivity index (χ2n) is 4.68. The van der Waals surface area contributed by atoms with Gasteiger partial charge in [-0.25, -0.2) is 0 Å². The van der Waals surface area contributed by atoms with E-state index < -0.39 is 10.2 Å². The minimum absolute atomic E-state index is 0.0683. The summed E-state index contributed by atoms with van der Waals surface area (Å²) in [7, 11) is -3.19. The van der Waals surface area contributed by atoms with Crippen LogP contribution in [0.2, 0.25) is 0 Å². The topological polar surface area (TPSA) is 49.4 Å². The van der Waals surface area contributed by atoms with Crippen molar-refractivity contribution in [2.75, 3.05) is 13.1 Å². The van der Waals surface area contributed by atoms with Gasteiger partial charge in [-0.2, -0.15) is 17.4 Å². The van der Waals surface area contributed by atoms with Gasteiger partial charge >= 0.3 is 0 Å². The van der Waals surface area contributed by atoms with Crippen LogP contribution in [0.5, 0.6) is 0 Å². The summed E-state index contributed by atoms with van der Waals surface area (Å²) in [4.78, 5) is 0. The van der Waals surface area contributed by atoms with Gasteiger partial charge in [0.25, 0.3) is 10.2 Å². The molecule has 84 valence electrons. The minimum Gasteiger partial charge on any atom is -0.197 e. The Morgan fingerprint density at radius 1 is 1.36 bits per heavy atom. The molecular formula is C9H20N2O2S. The molecule has 0 aromatic carbocycles. The standard InChI is InChI=1S/C9H20N2O2S/c1-7(2)5-11-6-9(8(3)4)10-14(11,12)13/h7-10H,5-6H2,1-4H3/t9-/m1/s1. The number of hydrogen-bond acceptors (Lipinski definition) is 2. The van der Waals surface area contributed by atoms with Gasteiger partial charge in [-0.15, -0.1) is 0 Å². The van der Waals surface area contributed by atoms with Gasteiger partial charge in [-0.3, -0.25) is 0 Å². The van der Waals surface area contributed by atoms with Crippen molar-refractivity contribution in [2.24, 2.45) is 11.8 Å². The summed E-state index contributed by atoms with van der Waals surface area (Å²) in [5.74, 6) is 0.722. The van der Waals surface area contributed by atoms with Crippen LogP contribution >= 0.6 is 0 Å². The molecule has 1 N–H and O–H groups in total. The molecule has 1 saturated heterocycles. The molecule has 5 heteroatoms. The monoisotopic (exact) mass is 220 g/mol. The fraction of sp³-hybridized carbons (Fsp3) is 1.00. The highest BCUT2D eigenvalue weighted by Crippen LogP contribution is 2.17. The predicted octanol–water partition coefficient (Wildman–Crippen LogP) is 0.817.